The van der Waals surface area contributed by atoms with Gasteiger partial charge < -0.3 is 10.2 Å². The summed E-state index contributed by atoms with van der Waals surface area (Å²) in [4.78, 5) is 23.1. The standard InChI is InChI=1S/C19H36O4/c1-6-13(3)8-10-16(18(20)21)12-15(5)17(19(22)23)11-9-14(4)7-2/h13-17H,6-12H2,1-5H3,(H,20,21)(H,22,23). The summed E-state index contributed by atoms with van der Waals surface area (Å²) in [5.74, 6) is -1.50. The molecule has 0 saturated carbocycles. The Morgan fingerprint density at radius 1 is 0.783 bits per heavy atom. The fraction of sp³-hybridized carbons (Fsp3) is 0.895. The summed E-state index contributed by atoms with van der Waals surface area (Å²) >= 11 is 0. The molecule has 4 nitrogen and oxygen atoms in total. The largest absolute Gasteiger partial charge is 0.481 e. The van der Waals surface area contributed by atoms with Gasteiger partial charge in [-0.25, -0.2) is 0 Å². The minimum Gasteiger partial charge on any atom is -0.481 e. The first-order valence-corrected chi connectivity index (χ1v) is 9.18. The smallest absolute Gasteiger partial charge is 0.306 e. The number of rotatable bonds is 13. The summed E-state index contributed by atoms with van der Waals surface area (Å²) in [5, 5.41) is 18.9. The Bertz CT molecular complexity index is 353. The maximum atomic E-state index is 11.6. The molecular weight excluding hydrogens is 292 g/mol. The van der Waals surface area contributed by atoms with Gasteiger partial charge in [-0.05, 0) is 49.9 Å². The molecule has 2 N–H and O–H groups in total. The van der Waals surface area contributed by atoms with E-state index in [0.29, 0.717) is 31.1 Å². The van der Waals surface area contributed by atoms with Crippen LogP contribution in [0.5, 0.6) is 0 Å². The van der Waals surface area contributed by atoms with Crippen molar-refractivity contribution in [2.45, 2.75) is 79.6 Å². The Hall–Kier alpha value is -1.06. The minimum atomic E-state index is -0.786. The molecule has 0 aromatic heterocycles. The molecule has 5 unspecified atom stereocenters. The summed E-state index contributed by atoms with van der Waals surface area (Å²) in [6, 6.07) is 0. The highest BCUT2D eigenvalue weighted by atomic mass is 16.4. The Morgan fingerprint density at radius 3 is 1.65 bits per heavy atom. The van der Waals surface area contributed by atoms with Crippen LogP contribution in [-0.2, 0) is 9.59 Å². The summed E-state index contributed by atoms with van der Waals surface area (Å²) in [6.45, 7) is 10.4. The Morgan fingerprint density at radius 2 is 1.26 bits per heavy atom. The molecule has 0 saturated heterocycles. The first-order valence-electron chi connectivity index (χ1n) is 9.18. The van der Waals surface area contributed by atoms with Crippen molar-refractivity contribution in [1.29, 1.82) is 0 Å². The van der Waals surface area contributed by atoms with Gasteiger partial charge in [-0.15, -0.1) is 0 Å². The van der Waals surface area contributed by atoms with E-state index in [-0.39, 0.29) is 5.92 Å². The van der Waals surface area contributed by atoms with Gasteiger partial charge in [0, 0.05) is 0 Å². The number of hydrogen-bond acceptors (Lipinski definition) is 2. The van der Waals surface area contributed by atoms with Crippen LogP contribution in [0.1, 0.15) is 79.6 Å². The molecule has 0 spiro atoms. The van der Waals surface area contributed by atoms with E-state index in [4.69, 9.17) is 0 Å². The minimum absolute atomic E-state index is 0.102. The van der Waals surface area contributed by atoms with Gasteiger partial charge >= 0.3 is 11.9 Å². The third-order valence-electron chi connectivity index (χ3n) is 5.38. The summed E-state index contributed by atoms with van der Waals surface area (Å²) < 4.78 is 0. The molecule has 0 aromatic carbocycles. The summed E-state index contributed by atoms with van der Waals surface area (Å²) in [7, 11) is 0. The topological polar surface area (TPSA) is 74.6 Å². The molecule has 0 rings (SSSR count). The average molecular weight is 328 g/mol. The lowest BCUT2D eigenvalue weighted by molar-refractivity contribution is -0.147. The van der Waals surface area contributed by atoms with Crippen LogP contribution in [-0.4, -0.2) is 22.2 Å². The molecule has 0 fully saturated rings. The van der Waals surface area contributed by atoms with Gasteiger partial charge in [-0.3, -0.25) is 9.59 Å². The van der Waals surface area contributed by atoms with Crippen molar-refractivity contribution < 1.29 is 19.8 Å². The van der Waals surface area contributed by atoms with Crippen LogP contribution in [0.4, 0.5) is 0 Å². The number of carbonyl (C=O) groups is 2. The Labute approximate surface area is 141 Å². The highest BCUT2D eigenvalue weighted by molar-refractivity contribution is 5.71. The van der Waals surface area contributed by atoms with Gasteiger partial charge in [0.2, 0.25) is 0 Å². The van der Waals surface area contributed by atoms with Crippen LogP contribution in [0.3, 0.4) is 0 Å². The zero-order valence-electron chi connectivity index (χ0n) is 15.5. The van der Waals surface area contributed by atoms with Crippen LogP contribution in [0.15, 0.2) is 0 Å². The molecule has 23 heavy (non-hydrogen) atoms. The van der Waals surface area contributed by atoms with E-state index in [1.54, 1.807) is 0 Å². The molecule has 0 bridgehead atoms. The van der Waals surface area contributed by atoms with Crippen molar-refractivity contribution in [3.05, 3.63) is 0 Å². The molecule has 0 aromatic rings. The third kappa shape index (κ3) is 8.97. The van der Waals surface area contributed by atoms with Crippen LogP contribution in [0.2, 0.25) is 0 Å². The van der Waals surface area contributed by atoms with E-state index < -0.39 is 23.8 Å². The van der Waals surface area contributed by atoms with Gasteiger partial charge in [0.05, 0.1) is 11.8 Å². The predicted molar refractivity (Wildman–Crippen MR) is 93.4 cm³/mol. The van der Waals surface area contributed by atoms with E-state index >= 15 is 0 Å². The van der Waals surface area contributed by atoms with E-state index in [1.807, 2.05) is 6.92 Å². The van der Waals surface area contributed by atoms with Gasteiger partial charge in [-0.2, -0.15) is 0 Å². The number of carboxylic acids is 2. The fourth-order valence-corrected chi connectivity index (χ4v) is 2.96. The fourth-order valence-electron chi connectivity index (χ4n) is 2.96. The number of aliphatic carboxylic acids is 2. The first kappa shape index (κ1) is 21.9. The molecule has 0 radical (unpaired) electrons. The van der Waals surface area contributed by atoms with Crippen LogP contribution in [0.25, 0.3) is 0 Å². The van der Waals surface area contributed by atoms with Crippen molar-refractivity contribution in [2.24, 2.45) is 29.6 Å². The quantitative estimate of drug-likeness (QED) is 0.495. The lowest BCUT2D eigenvalue weighted by Crippen LogP contribution is -2.27. The summed E-state index contributed by atoms with van der Waals surface area (Å²) in [6.07, 6.45) is 5.63. The van der Waals surface area contributed by atoms with E-state index in [0.717, 1.165) is 25.7 Å². The number of carboxylic acid groups (broad SMARTS) is 2. The van der Waals surface area contributed by atoms with Gasteiger partial charge in [0.15, 0.2) is 0 Å². The van der Waals surface area contributed by atoms with E-state index in [9.17, 15) is 19.8 Å². The molecule has 5 atom stereocenters. The first-order chi connectivity index (χ1) is 10.7. The van der Waals surface area contributed by atoms with Crippen molar-refractivity contribution in [1.82, 2.24) is 0 Å². The molecule has 136 valence electrons. The maximum Gasteiger partial charge on any atom is 0.306 e. The average Bonchev–Trinajstić information content (AvgIpc) is 2.49. The van der Waals surface area contributed by atoms with Crippen LogP contribution in [0, 0.1) is 29.6 Å². The zero-order valence-corrected chi connectivity index (χ0v) is 15.5. The molecule has 4 heteroatoms. The number of hydrogen-bond donors (Lipinski definition) is 2. The lowest BCUT2D eigenvalue weighted by atomic mass is 9.80. The third-order valence-corrected chi connectivity index (χ3v) is 5.38. The molecule has 0 aliphatic heterocycles. The Kier molecular flexibility index (Phi) is 10.9. The highest BCUT2D eigenvalue weighted by Crippen LogP contribution is 2.29. The molecule has 0 amide bonds. The van der Waals surface area contributed by atoms with Crippen molar-refractivity contribution in [2.75, 3.05) is 0 Å². The maximum absolute atomic E-state index is 11.6. The lowest BCUT2D eigenvalue weighted by Gasteiger charge is -2.24. The van der Waals surface area contributed by atoms with E-state index in [1.165, 1.54) is 0 Å². The van der Waals surface area contributed by atoms with Crippen molar-refractivity contribution >= 4 is 11.9 Å². The summed E-state index contributed by atoms with van der Waals surface area (Å²) in [5.41, 5.74) is 0. The predicted octanol–water partition coefficient (Wildman–Crippen LogP) is 5.07. The van der Waals surface area contributed by atoms with Crippen molar-refractivity contribution in [3.63, 3.8) is 0 Å². The molecule has 0 heterocycles. The second-order valence-electron chi connectivity index (χ2n) is 7.37. The van der Waals surface area contributed by atoms with Gasteiger partial charge in [-0.1, -0.05) is 47.5 Å². The van der Waals surface area contributed by atoms with Crippen molar-refractivity contribution in [3.8, 4) is 0 Å². The zero-order chi connectivity index (χ0) is 18.0. The SMILES string of the molecule is CCC(C)CCC(CC(C)C(CCC(C)CC)C(=O)O)C(=O)O. The van der Waals surface area contributed by atoms with Gasteiger partial charge in [0.25, 0.3) is 0 Å². The van der Waals surface area contributed by atoms with Crippen LogP contribution < -0.4 is 0 Å². The van der Waals surface area contributed by atoms with E-state index in [2.05, 4.69) is 27.7 Å². The van der Waals surface area contributed by atoms with Crippen LogP contribution >= 0.6 is 0 Å². The second-order valence-corrected chi connectivity index (χ2v) is 7.37. The Balaban J connectivity index is 4.67. The highest BCUT2D eigenvalue weighted by Gasteiger charge is 2.29. The second kappa shape index (κ2) is 11.5. The normalized spacial score (nSPS) is 18.0. The van der Waals surface area contributed by atoms with Gasteiger partial charge in [0.1, 0.15) is 0 Å². The molecule has 0 aliphatic carbocycles. The monoisotopic (exact) mass is 328 g/mol. The molecule has 0 aliphatic rings. The molecular formula is C19H36O4.